The molecule has 1 aliphatic rings. The summed E-state index contributed by atoms with van der Waals surface area (Å²) in [5.41, 5.74) is 1.12. The van der Waals surface area contributed by atoms with E-state index >= 15 is 0 Å². The van der Waals surface area contributed by atoms with Gasteiger partial charge in [-0.1, -0.05) is 5.16 Å². The first kappa shape index (κ1) is 15.2. The van der Waals surface area contributed by atoms with E-state index in [1.54, 1.807) is 12.4 Å². The molecule has 0 unspecified atom stereocenters. The Morgan fingerprint density at radius 1 is 1.30 bits per heavy atom. The quantitative estimate of drug-likeness (QED) is 0.603. The summed E-state index contributed by atoms with van der Waals surface area (Å²) < 4.78 is 0.898. The van der Waals surface area contributed by atoms with Gasteiger partial charge in [0.1, 0.15) is 6.61 Å². The van der Waals surface area contributed by atoms with E-state index in [0.29, 0.717) is 6.61 Å². The first-order valence-electron chi connectivity index (χ1n) is 6.70. The van der Waals surface area contributed by atoms with Gasteiger partial charge in [-0.05, 0) is 30.0 Å². The molecule has 110 valence electrons. The van der Waals surface area contributed by atoms with Gasteiger partial charge in [0.25, 0.3) is 0 Å². The van der Waals surface area contributed by atoms with Crippen LogP contribution in [0.25, 0.3) is 0 Å². The predicted octanol–water partition coefficient (Wildman–Crippen LogP) is 1.77. The van der Waals surface area contributed by atoms with Gasteiger partial charge < -0.3 is 14.6 Å². The Labute approximate surface area is 127 Å². The molecule has 0 atom stereocenters. The van der Waals surface area contributed by atoms with Crippen LogP contribution >= 0.6 is 15.9 Å². The number of halogens is 1. The summed E-state index contributed by atoms with van der Waals surface area (Å²) in [6.45, 7) is 3.29. The van der Waals surface area contributed by atoms with Crippen molar-refractivity contribution < 1.29 is 4.84 Å². The fourth-order valence-electron chi connectivity index (χ4n) is 1.89. The van der Waals surface area contributed by atoms with E-state index in [1.807, 2.05) is 14.1 Å². The molecule has 0 aliphatic carbocycles. The van der Waals surface area contributed by atoms with Gasteiger partial charge >= 0.3 is 0 Å². The van der Waals surface area contributed by atoms with Crippen LogP contribution in [0, 0.1) is 0 Å². The summed E-state index contributed by atoms with van der Waals surface area (Å²) in [5.74, 6) is 0.778. The topological polar surface area (TPSA) is 53.9 Å². The SMILES string of the molecule is CN(C)CCON=C1CCN(c2ncc(Br)cn2)CC1. The smallest absolute Gasteiger partial charge is 0.225 e. The zero-order valence-corrected chi connectivity index (χ0v) is 13.5. The Balaban J connectivity index is 1.77. The van der Waals surface area contributed by atoms with Crippen molar-refractivity contribution in [1.29, 1.82) is 0 Å². The van der Waals surface area contributed by atoms with Crippen molar-refractivity contribution in [2.75, 3.05) is 45.2 Å². The lowest BCUT2D eigenvalue weighted by atomic mass is 10.1. The van der Waals surface area contributed by atoms with Gasteiger partial charge in [0, 0.05) is 44.9 Å². The Bertz CT molecular complexity index is 439. The Kier molecular flexibility index (Phi) is 5.72. The molecule has 1 fully saturated rings. The number of hydrogen-bond donors (Lipinski definition) is 0. The summed E-state index contributed by atoms with van der Waals surface area (Å²) in [6.07, 6.45) is 5.36. The normalized spacial score (nSPS) is 15.6. The minimum absolute atomic E-state index is 0.635. The first-order chi connectivity index (χ1) is 9.65. The van der Waals surface area contributed by atoms with Crippen LogP contribution < -0.4 is 4.90 Å². The Morgan fingerprint density at radius 2 is 1.95 bits per heavy atom. The van der Waals surface area contributed by atoms with Crippen molar-refractivity contribution >= 4 is 27.6 Å². The second kappa shape index (κ2) is 7.54. The number of likely N-dealkylation sites (N-methyl/N-ethyl adjacent to an activating group) is 1. The number of rotatable bonds is 5. The van der Waals surface area contributed by atoms with E-state index in [0.717, 1.165) is 48.6 Å². The van der Waals surface area contributed by atoms with Crippen molar-refractivity contribution in [3.63, 3.8) is 0 Å². The third-order valence-electron chi connectivity index (χ3n) is 3.05. The number of anilines is 1. The van der Waals surface area contributed by atoms with Crippen molar-refractivity contribution in [3.8, 4) is 0 Å². The van der Waals surface area contributed by atoms with E-state index in [4.69, 9.17) is 4.84 Å². The van der Waals surface area contributed by atoms with E-state index in [-0.39, 0.29) is 0 Å². The lowest BCUT2D eigenvalue weighted by Gasteiger charge is -2.27. The maximum atomic E-state index is 5.33. The second-order valence-corrected chi connectivity index (χ2v) is 5.90. The van der Waals surface area contributed by atoms with Crippen LogP contribution in [0.4, 0.5) is 5.95 Å². The summed E-state index contributed by atoms with van der Waals surface area (Å²) in [5, 5.41) is 4.21. The molecule has 1 saturated heterocycles. The van der Waals surface area contributed by atoms with E-state index in [1.165, 1.54) is 0 Å². The molecule has 1 aromatic heterocycles. The van der Waals surface area contributed by atoms with E-state index in [9.17, 15) is 0 Å². The molecule has 0 spiro atoms. The highest BCUT2D eigenvalue weighted by atomic mass is 79.9. The molecular weight excluding hydrogens is 322 g/mol. The van der Waals surface area contributed by atoms with Gasteiger partial charge in [0.2, 0.25) is 5.95 Å². The average Bonchev–Trinajstić information content (AvgIpc) is 2.45. The summed E-state index contributed by atoms with van der Waals surface area (Å²) in [4.78, 5) is 18.2. The third-order valence-corrected chi connectivity index (χ3v) is 3.46. The lowest BCUT2D eigenvalue weighted by molar-refractivity contribution is 0.124. The minimum Gasteiger partial charge on any atom is -0.394 e. The van der Waals surface area contributed by atoms with Crippen LogP contribution in [0.3, 0.4) is 0 Å². The van der Waals surface area contributed by atoms with E-state index < -0.39 is 0 Å². The maximum Gasteiger partial charge on any atom is 0.225 e. The highest BCUT2D eigenvalue weighted by Gasteiger charge is 2.17. The molecular formula is C13H20BrN5O. The lowest BCUT2D eigenvalue weighted by Crippen LogP contribution is -2.35. The Morgan fingerprint density at radius 3 is 2.55 bits per heavy atom. The molecule has 1 aromatic rings. The van der Waals surface area contributed by atoms with Crippen LogP contribution in [0.1, 0.15) is 12.8 Å². The average molecular weight is 342 g/mol. The van der Waals surface area contributed by atoms with Crippen molar-refractivity contribution in [2.24, 2.45) is 5.16 Å². The molecule has 0 aromatic carbocycles. The summed E-state index contributed by atoms with van der Waals surface area (Å²) in [7, 11) is 4.04. The monoisotopic (exact) mass is 341 g/mol. The Hall–Kier alpha value is -1.21. The molecule has 0 bridgehead atoms. The van der Waals surface area contributed by atoms with Gasteiger partial charge in [-0.2, -0.15) is 0 Å². The molecule has 2 rings (SSSR count). The fourth-order valence-corrected chi connectivity index (χ4v) is 2.09. The number of oxime groups is 1. The highest BCUT2D eigenvalue weighted by Crippen LogP contribution is 2.15. The van der Waals surface area contributed by atoms with Crippen LogP contribution in [0.15, 0.2) is 22.0 Å². The highest BCUT2D eigenvalue weighted by molar-refractivity contribution is 9.10. The number of piperidine rings is 1. The molecule has 1 aliphatic heterocycles. The number of aromatic nitrogens is 2. The van der Waals surface area contributed by atoms with Crippen LogP contribution in [0.2, 0.25) is 0 Å². The molecule has 0 radical (unpaired) electrons. The molecule has 6 nitrogen and oxygen atoms in total. The molecule has 0 saturated carbocycles. The molecule has 0 amide bonds. The molecule has 2 heterocycles. The number of hydrogen-bond acceptors (Lipinski definition) is 6. The molecule has 0 N–H and O–H groups in total. The van der Waals surface area contributed by atoms with Crippen molar-refractivity contribution in [2.45, 2.75) is 12.8 Å². The largest absolute Gasteiger partial charge is 0.394 e. The summed E-state index contributed by atoms with van der Waals surface area (Å²) >= 11 is 3.34. The van der Waals surface area contributed by atoms with Gasteiger partial charge in [-0.15, -0.1) is 0 Å². The standard InChI is InChI=1S/C13H20BrN5O/c1-18(2)7-8-20-17-12-3-5-19(6-4-12)13-15-9-11(14)10-16-13/h9-10H,3-8H2,1-2H3. The zero-order chi connectivity index (χ0) is 14.4. The van der Waals surface area contributed by atoms with Crippen molar-refractivity contribution in [3.05, 3.63) is 16.9 Å². The predicted molar refractivity (Wildman–Crippen MR) is 83.1 cm³/mol. The van der Waals surface area contributed by atoms with Crippen molar-refractivity contribution in [1.82, 2.24) is 14.9 Å². The molecule has 20 heavy (non-hydrogen) atoms. The van der Waals surface area contributed by atoms with Gasteiger partial charge in [-0.3, -0.25) is 0 Å². The third kappa shape index (κ3) is 4.72. The number of nitrogens with zero attached hydrogens (tertiary/aromatic N) is 5. The minimum atomic E-state index is 0.635. The van der Waals surface area contributed by atoms with Gasteiger partial charge in [-0.25, -0.2) is 9.97 Å². The van der Waals surface area contributed by atoms with Gasteiger partial charge in [0.15, 0.2) is 0 Å². The zero-order valence-electron chi connectivity index (χ0n) is 11.9. The summed E-state index contributed by atoms with van der Waals surface area (Å²) in [6, 6.07) is 0. The van der Waals surface area contributed by atoms with Crippen LogP contribution in [-0.4, -0.2) is 60.9 Å². The second-order valence-electron chi connectivity index (χ2n) is 4.98. The van der Waals surface area contributed by atoms with Gasteiger partial charge in [0.05, 0.1) is 10.2 Å². The fraction of sp³-hybridized carbons (Fsp3) is 0.615. The molecule has 7 heteroatoms. The van der Waals surface area contributed by atoms with Crippen LogP contribution in [0.5, 0.6) is 0 Å². The first-order valence-corrected chi connectivity index (χ1v) is 7.49. The maximum absolute atomic E-state index is 5.33. The van der Waals surface area contributed by atoms with Crippen LogP contribution in [-0.2, 0) is 4.84 Å². The van der Waals surface area contributed by atoms with E-state index in [2.05, 4.69) is 40.9 Å².